The summed E-state index contributed by atoms with van der Waals surface area (Å²) in [7, 11) is 2.22. The third-order valence-electron chi connectivity index (χ3n) is 4.50. The van der Waals surface area contributed by atoms with Crippen molar-refractivity contribution in [2.24, 2.45) is 11.8 Å². The molecule has 1 aromatic carbocycles. The van der Waals surface area contributed by atoms with E-state index < -0.39 is 48.0 Å². The minimum atomic E-state index is -4.42. The molecule has 1 aliphatic carbocycles. The Morgan fingerprint density at radius 1 is 1.17 bits per heavy atom. The minimum Gasteiger partial charge on any atom is -0.493 e. The van der Waals surface area contributed by atoms with Crippen LogP contribution in [0.1, 0.15) is 30.7 Å². The van der Waals surface area contributed by atoms with Gasteiger partial charge in [-0.3, -0.25) is 4.79 Å². The molecule has 24 heavy (non-hydrogen) atoms. The molecule has 0 N–H and O–H groups in total. The molecule has 0 spiro atoms. The van der Waals surface area contributed by atoms with E-state index in [-0.39, 0.29) is 24.2 Å². The average Bonchev–Trinajstić information content (AvgIpc) is 2.55. The van der Waals surface area contributed by atoms with E-state index in [2.05, 4.69) is 4.74 Å². The van der Waals surface area contributed by atoms with Crippen LogP contribution in [0.15, 0.2) is 12.1 Å². The molecular formula is C16H17F5O3. The van der Waals surface area contributed by atoms with E-state index in [1.54, 1.807) is 0 Å². The van der Waals surface area contributed by atoms with Crippen LogP contribution in [0.5, 0.6) is 5.75 Å². The Hall–Kier alpha value is -1.86. The second-order valence-corrected chi connectivity index (χ2v) is 5.77. The topological polar surface area (TPSA) is 35.5 Å². The van der Waals surface area contributed by atoms with E-state index in [4.69, 9.17) is 4.74 Å². The first-order valence-corrected chi connectivity index (χ1v) is 7.37. The smallest absolute Gasteiger partial charge is 0.391 e. The lowest BCUT2D eigenvalue weighted by atomic mass is 9.70. The molecule has 2 rings (SSSR count). The normalized spacial score (nSPS) is 24.5. The van der Waals surface area contributed by atoms with E-state index >= 15 is 0 Å². The quantitative estimate of drug-likeness (QED) is 0.604. The number of carbonyl (C=O) groups is 1. The van der Waals surface area contributed by atoms with Crippen LogP contribution >= 0.6 is 0 Å². The van der Waals surface area contributed by atoms with Crippen molar-refractivity contribution in [2.75, 3.05) is 14.2 Å². The first kappa shape index (κ1) is 18.5. The zero-order valence-corrected chi connectivity index (χ0v) is 13.1. The maximum atomic E-state index is 13.9. The monoisotopic (exact) mass is 352 g/mol. The van der Waals surface area contributed by atoms with E-state index in [9.17, 15) is 26.7 Å². The summed E-state index contributed by atoms with van der Waals surface area (Å²) in [6.07, 6.45) is -5.09. The molecule has 0 radical (unpaired) electrons. The fourth-order valence-electron chi connectivity index (χ4n) is 3.30. The van der Waals surface area contributed by atoms with Crippen LogP contribution in [-0.2, 0) is 9.53 Å². The number of rotatable bonds is 3. The van der Waals surface area contributed by atoms with Crippen LogP contribution in [-0.4, -0.2) is 26.4 Å². The maximum Gasteiger partial charge on any atom is 0.391 e. The van der Waals surface area contributed by atoms with Gasteiger partial charge in [0.15, 0.2) is 11.6 Å². The molecule has 0 amide bonds. The molecule has 1 aromatic rings. The zero-order valence-electron chi connectivity index (χ0n) is 13.1. The predicted octanol–water partition coefficient (Wildman–Crippen LogP) is 4.21. The van der Waals surface area contributed by atoms with Gasteiger partial charge in [-0.15, -0.1) is 0 Å². The van der Waals surface area contributed by atoms with Crippen LogP contribution < -0.4 is 4.74 Å². The van der Waals surface area contributed by atoms with E-state index in [0.717, 1.165) is 20.3 Å². The summed E-state index contributed by atoms with van der Waals surface area (Å²) < 4.78 is 75.7. The fourth-order valence-corrected chi connectivity index (χ4v) is 3.30. The molecule has 134 valence electrons. The van der Waals surface area contributed by atoms with Gasteiger partial charge >= 0.3 is 12.1 Å². The third-order valence-corrected chi connectivity index (χ3v) is 4.50. The second kappa shape index (κ2) is 6.94. The van der Waals surface area contributed by atoms with Crippen molar-refractivity contribution in [3.05, 3.63) is 29.3 Å². The number of benzene rings is 1. The highest BCUT2D eigenvalue weighted by Crippen LogP contribution is 2.48. The van der Waals surface area contributed by atoms with Gasteiger partial charge in [0.25, 0.3) is 0 Å². The van der Waals surface area contributed by atoms with Crippen LogP contribution in [0.25, 0.3) is 0 Å². The second-order valence-electron chi connectivity index (χ2n) is 5.77. The van der Waals surface area contributed by atoms with Crippen LogP contribution in [0.4, 0.5) is 22.0 Å². The number of hydrogen-bond donors (Lipinski definition) is 0. The lowest BCUT2D eigenvalue weighted by Crippen LogP contribution is -2.36. The molecule has 3 nitrogen and oxygen atoms in total. The summed E-state index contributed by atoms with van der Waals surface area (Å²) >= 11 is 0. The van der Waals surface area contributed by atoms with Gasteiger partial charge in [-0.05, 0) is 25.3 Å². The van der Waals surface area contributed by atoms with E-state index in [1.165, 1.54) is 6.07 Å². The van der Waals surface area contributed by atoms with Crippen molar-refractivity contribution in [1.82, 2.24) is 0 Å². The number of methoxy groups -OCH3 is 2. The Labute approximate surface area is 135 Å². The maximum absolute atomic E-state index is 13.9. The van der Waals surface area contributed by atoms with Crippen molar-refractivity contribution in [3.63, 3.8) is 0 Å². The van der Waals surface area contributed by atoms with Gasteiger partial charge < -0.3 is 9.47 Å². The third kappa shape index (κ3) is 3.47. The Kier molecular flexibility index (Phi) is 5.35. The number of hydrogen-bond acceptors (Lipinski definition) is 3. The van der Waals surface area contributed by atoms with Gasteiger partial charge in [-0.1, -0.05) is 6.07 Å². The molecule has 0 aliphatic heterocycles. The first-order valence-electron chi connectivity index (χ1n) is 7.37. The first-order chi connectivity index (χ1) is 11.2. The predicted molar refractivity (Wildman–Crippen MR) is 74.6 cm³/mol. The SMILES string of the molecule is COC(=O)C1CC(C(F)(F)F)CCC1c1ccc(F)c(F)c1OC. The van der Waals surface area contributed by atoms with Crippen molar-refractivity contribution in [3.8, 4) is 5.75 Å². The van der Waals surface area contributed by atoms with Crippen molar-refractivity contribution in [1.29, 1.82) is 0 Å². The van der Waals surface area contributed by atoms with Crippen molar-refractivity contribution >= 4 is 5.97 Å². The summed E-state index contributed by atoms with van der Waals surface area (Å²) in [5.41, 5.74) is 0.174. The molecule has 1 fully saturated rings. The van der Waals surface area contributed by atoms with Crippen molar-refractivity contribution in [2.45, 2.75) is 31.4 Å². The summed E-state index contributed by atoms with van der Waals surface area (Å²) in [6, 6.07) is 2.11. The molecule has 8 heteroatoms. The summed E-state index contributed by atoms with van der Waals surface area (Å²) in [4.78, 5) is 12.0. The van der Waals surface area contributed by atoms with E-state index in [0.29, 0.717) is 0 Å². The van der Waals surface area contributed by atoms with Gasteiger partial charge in [-0.25, -0.2) is 4.39 Å². The number of ether oxygens (including phenoxy) is 2. The highest BCUT2D eigenvalue weighted by Gasteiger charge is 2.48. The van der Waals surface area contributed by atoms with Gasteiger partial charge in [-0.2, -0.15) is 17.6 Å². The highest BCUT2D eigenvalue weighted by molar-refractivity contribution is 5.74. The lowest BCUT2D eigenvalue weighted by Gasteiger charge is -2.36. The Bertz CT molecular complexity index is 614. The number of alkyl halides is 3. The molecule has 3 atom stereocenters. The largest absolute Gasteiger partial charge is 0.493 e. The molecule has 1 aliphatic rings. The molecule has 0 bridgehead atoms. The number of esters is 1. The lowest BCUT2D eigenvalue weighted by molar-refractivity contribution is -0.190. The molecule has 3 unspecified atom stereocenters. The number of carbonyl (C=O) groups excluding carboxylic acids is 1. The molecule has 0 saturated heterocycles. The zero-order chi connectivity index (χ0) is 18.1. The molecular weight excluding hydrogens is 335 g/mol. The van der Waals surface area contributed by atoms with Crippen LogP contribution in [0.2, 0.25) is 0 Å². The minimum absolute atomic E-state index is 0.00856. The standard InChI is InChI=1S/C16H17F5O3/c1-23-14-10(5-6-12(17)13(14)18)9-4-3-8(16(19,20)21)7-11(9)15(22)24-2/h5-6,8-9,11H,3-4,7H2,1-2H3. The van der Waals surface area contributed by atoms with Crippen LogP contribution in [0, 0.1) is 23.5 Å². The van der Waals surface area contributed by atoms with Gasteiger partial charge in [0.2, 0.25) is 5.82 Å². The Balaban J connectivity index is 2.42. The van der Waals surface area contributed by atoms with E-state index in [1.807, 2.05) is 0 Å². The molecule has 1 saturated carbocycles. The van der Waals surface area contributed by atoms with Gasteiger partial charge in [0, 0.05) is 11.5 Å². The van der Waals surface area contributed by atoms with Gasteiger partial charge in [0.1, 0.15) is 0 Å². The average molecular weight is 352 g/mol. The van der Waals surface area contributed by atoms with Crippen LogP contribution in [0.3, 0.4) is 0 Å². The van der Waals surface area contributed by atoms with Gasteiger partial charge in [0.05, 0.1) is 26.1 Å². The summed E-state index contributed by atoms with van der Waals surface area (Å²) in [5.74, 6) is -7.02. The fraction of sp³-hybridized carbons (Fsp3) is 0.562. The molecule has 0 heterocycles. The Morgan fingerprint density at radius 2 is 1.83 bits per heavy atom. The highest BCUT2D eigenvalue weighted by atomic mass is 19.4. The molecule has 0 aromatic heterocycles. The Morgan fingerprint density at radius 3 is 2.38 bits per heavy atom. The van der Waals surface area contributed by atoms with Crippen molar-refractivity contribution < 1.29 is 36.2 Å². The summed E-state index contributed by atoms with van der Waals surface area (Å²) in [5, 5.41) is 0. The summed E-state index contributed by atoms with van der Waals surface area (Å²) in [6.45, 7) is 0. The number of halogens is 5.